The minimum atomic E-state index is 0.529. The van der Waals surface area contributed by atoms with E-state index < -0.39 is 0 Å². The third-order valence-electron chi connectivity index (χ3n) is 5.93. The highest BCUT2D eigenvalue weighted by atomic mass is 16.5. The van der Waals surface area contributed by atoms with E-state index in [0.717, 1.165) is 18.6 Å². The van der Waals surface area contributed by atoms with Gasteiger partial charge in [0.25, 0.3) is 0 Å². The molecule has 3 rings (SSSR count). The summed E-state index contributed by atoms with van der Waals surface area (Å²) < 4.78 is 5.93. The first-order valence-corrected chi connectivity index (χ1v) is 8.28. The summed E-state index contributed by atoms with van der Waals surface area (Å²) in [6.45, 7) is 6.81. The van der Waals surface area contributed by atoms with Crippen molar-refractivity contribution in [1.82, 2.24) is 10.2 Å². The fourth-order valence-corrected chi connectivity index (χ4v) is 4.30. The summed E-state index contributed by atoms with van der Waals surface area (Å²) in [4.78, 5) is 2.46. The minimum Gasteiger partial charge on any atom is -0.378 e. The molecule has 19 heavy (non-hydrogen) atoms. The molecule has 1 N–H and O–H groups in total. The molecule has 0 aromatic carbocycles. The lowest BCUT2D eigenvalue weighted by atomic mass is 9.51. The number of likely N-dealkylation sites (tertiary alicyclic amines) is 1. The van der Waals surface area contributed by atoms with Crippen LogP contribution in [0.15, 0.2) is 0 Å². The van der Waals surface area contributed by atoms with E-state index in [0.29, 0.717) is 11.5 Å². The average molecular weight is 266 g/mol. The van der Waals surface area contributed by atoms with Gasteiger partial charge in [-0.05, 0) is 71.6 Å². The lowest BCUT2D eigenvalue weighted by Gasteiger charge is -2.61. The predicted molar refractivity (Wildman–Crippen MR) is 78.3 cm³/mol. The molecule has 1 spiro atoms. The molecule has 3 heteroatoms. The van der Waals surface area contributed by atoms with Gasteiger partial charge >= 0.3 is 0 Å². The van der Waals surface area contributed by atoms with Crippen LogP contribution in [0.3, 0.4) is 0 Å². The fraction of sp³-hybridized carbons (Fsp3) is 1.00. The van der Waals surface area contributed by atoms with Gasteiger partial charge in [-0.3, -0.25) is 0 Å². The molecule has 0 aromatic heterocycles. The van der Waals surface area contributed by atoms with E-state index in [4.69, 9.17) is 4.74 Å². The molecule has 1 saturated heterocycles. The van der Waals surface area contributed by atoms with Crippen LogP contribution >= 0.6 is 0 Å². The highest BCUT2D eigenvalue weighted by Crippen LogP contribution is 2.57. The van der Waals surface area contributed by atoms with E-state index >= 15 is 0 Å². The van der Waals surface area contributed by atoms with Crippen molar-refractivity contribution in [2.75, 3.05) is 33.3 Å². The van der Waals surface area contributed by atoms with Gasteiger partial charge in [-0.25, -0.2) is 0 Å². The number of rotatable bonds is 5. The highest BCUT2D eigenvalue weighted by Gasteiger charge is 2.58. The second-order valence-electron chi connectivity index (χ2n) is 6.97. The molecule has 3 nitrogen and oxygen atoms in total. The number of hydrogen-bond acceptors (Lipinski definition) is 3. The maximum absolute atomic E-state index is 5.93. The van der Waals surface area contributed by atoms with Crippen LogP contribution in [0.25, 0.3) is 0 Å². The van der Waals surface area contributed by atoms with Gasteiger partial charge in [0.1, 0.15) is 0 Å². The van der Waals surface area contributed by atoms with E-state index in [1.165, 1.54) is 58.2 Å². The largest absolute Gasteiger partial charge is 0.378 e. The maximum Gasteiger partial charge on any atom is 0.0661 e. The van der Waals surface area contributed by atoms with Gasteiger partial charge in [-0.2, -0.15) is 0 Å². The summed E-state index contributed by atoms with van der Waals surface area (Å²) in [6, 6.07) is 0.748. The quantitative estimate of drug-likeness (QED) is 0.826. The first kappa shape index (κ1) is 13.8. The monoisotopic (exact) mass is 266 g/mol. The molecule has 0 aromatic rings. The SMILES string of the molecule is CCOC1CC(NCC2CCN(C)CC2)C12CCC2. The summed E-state index contributed by atoms with van der Waals surface area (Å²) >= 11 is 0. The Morgan fingerprint density at radius 1 is 1.26 bits per heavy atom. The van der Waals surface area contributed by atoms with Crippen molar-refractivity contribution in [3.8, 4) is 0 Å². The van der Waals surface area contributed by atoms with Crippen LogP contribution in [-0.4, -0.2) is 50.3 Å². The summed E-state index contributed by atoms with van der Waals surface area (Å²) in [5, 5.41) is 3.89. The van der Waals surface area contributed by atoms with Crippen LogP contribution in [0.1, 0.15) is 45.4 Å². The Balaban J connectivity index is 1.44. The van der Waals surface area contributed by atoms with Crippen molar-refractivity contribution in [3.63, 3.8) is 0 Å². The zero-order chi connectivity index (χ0) is 13.3. The van der Waals surface area contributed by atoms with E-state index in [-0.39, 0.29) is 0 Å². The third kappa shape index (κ3) is 2.57. The van der Waals surface area contributed by atoms with Gasteiger partial charge in [0.2, 0.25) is 0 Å². The van der Waals surface area contributed by atoms with E-state index in [1.54, 1.807) is 0 Å². The van der Waals surface area contributed by atoms with Gasteiger partial charge in [0, 0.05) is 18.1 Å². The number of piperidine rings is 1. The Bertz CT molecular complexity index is 295. The molecule has 0 amide bonds. The Hall–Kier alpha value is -0.120. The molecule has 3 aliphatic rings. The van der Waals surface area contributed by atoms with E-state index in [9.17, 15) is 0 Å². The van der Waals surface area contributed by atoms with Crippen LogP contribution in [0.4, 0.5) is 0 Å². The minimum absolute atomic E-state index is 0.529. The van der Waals surface area contributed by atoms with Crippen molar-refractivity contribution in [3.05, 3.63) is 0 Å². The van der Waals surface area contributed by atoms with Crippen LogP contribution in [-0.2, 0) is 4.74 Å². The van der Waals surface area contributed by atoms with E-state index in [2.05, 4.69) is 24.2 Å². The second-order valence-corrected chi connectivity index (χ2v) is 6.97. The predicted octanol–water partition coefficient (Wildman–Crippen LogP) is 2.27. The maximum atomic E-state index is 5.93. The molecule has 0 radical (unpaired) electrons. The first-order valence-electron chi connectivity index (χ1n) is 8.28. The average Bonchev–Trinajstić information content (AvgIpc) is 2.33. The van der Waals surface area contributed by atoms with Crippen molar-refractivity contribution < 1.29 is 4.74 Å². The number of ether oxygens (including phenoxy) is 1. The van der Waals surface area contributed by atoms with Crippen LogP contribution in [0, 0.1) is 11.3 Å². The number of nitrogens with one attached hydrogen (secondary N) is 1. The Labute approximate surface area is 118 Å². The standard InChI is InChI=1S/C16H30N2O/c1-3-19-15-11-14(16(15)7-4-8-16)17-12-13-5-9-18(2)10-6-13/h13-15,17H,3-12H2,1-2H3. The first-order chi connectivity index (χ1) is 9.24. The van der Waals surface area contributed by atoms with Gasteiger partial charge in [0.15, 0.2) is 0 Å². The van der Waals surface area contributed by atoms with Crippen molar-refractivity contribution in [2.45, 2.75) is 57.6 Å². The molecule has 1 heterocycles. The van der Waals surface area contributed by atoms with E-state index in [1.807, 2.05) is 0 Å². The van der Waals surface area contributed by atoms with Crippen molar-refractivity contribution in [2.24, 2.45) is 11.3 Å². The topological polar surface area (TPSA) is 24.5 Å². The van der Waals surface area contributed by atoms with Crippen molar-refractivity contribution >= 4 is 0 Å². The van der Waals surface area contributed by atoms with Gasteiger partial charge in [-0.15, -0.1) is 0 Å². The van der Waals surface area contributed by atoms with Crippen LogP contribution in [0.2, 0.25) is 0 Å². The Morgan fingerprint density at radius 3 is 2.58 bits per heavy atom. The zero-order valence-corrected chi connectivity index (χ0v) is 12.7. The lowest BCUT2D eigenvalue weighted by molar-refractivity contribution is -0.173. The smallest absolute Gasteiger partial charge is 0.0661 e. The number of hydrogen-bond donors (Lipinski definition) is 1. The molecule has 1 aliphatic heterocycles. The fourth-order valence-electron chi connectivity index (χ4n) is 4.30. The second kappa shape index (κ2) is 5.71. The molecule has 2 aliphatic carbocycles. The molecular formula is C16H30N2O. The molecule has 0 bridgehead atoms. The molecule has 3 fully saturated rings. The number of nitrogens with zero attached hydrogens (tertiary/aromatic N) is 1. The highest BCUT2D eigenvalue weighted by molar-refractivity contribution is 5.12. The lowest BCUT2D eigenvalue weighted by Crippen LogP contribution is -2.67. The summed E-state index contributed by atoms with van der Waals surface area (Å²) in [5.41, 5.74) is 0.529. The van der Waals surface area contributed by atoms with Gasteiger partial charge in [-0.1, -0.05) is 6.42 Å². The molecular weight excluding hydrogens is 236 g/mol. The Kier molecular flexibility index (Phi) is 4.16. The Morgan fingerprint density at radius 2 is 2.00 bits per heavy atom. The third-order valence-corrected chi connectivity index (χ3v) is 5.93. The molecule has 110 valence electrons. The summed E-state index contributed by atoms with van der Waals surface area (Å²) in [5.74, 6) is 0.902. The molecule has 2 atom stereocenters. The molecule has 2 unspecified atom stereocenters. The van der Waals surface area contributed by atoms with Crippen LogP contribution < -0.4 is 5.32 Å². The summed E-state index contributed by atoms with van der Waals surface area (Å²) in [6.07, 6.45) is 8.75. The van der Waals surface area contributed by atoms with Crippen LogP contribution in [0.5, 0.6) is 0 Å². The van der Waals surface area contributed by atoms with Crippen molar-refractivity contribution in [1.29, 1.82) is 0 Å². The molecule has 2 saturated carbocycles. The normalized spacial score (nSPS) is 35.1. The van der Waals surface area contributed by atoms with Gasteiger partial charge in [0.05, 0.1) is 6.10 Å². The van der Waals surface area contributed by atoms with Gasteiger partial charge < -0.3 is 15.0 Å². The zero-order valence-electron chi connectivity index (χ0n) is 12.7. The summed E-state index contributed by atoms with van der Waals surface area (Å²) in [7, 11) is 2.24.